The molecule has 2 atom stereocenters. The number of carbonyl (C=O) groups excluding carboxylic acids is 1. The van der Waals surface area contributed by atoms with Crippen molar-refractivity contribution in [1.29, 1.82) is 0 Å². The van der Waals surface area contributed by atoms with E-state index in [1.807, 2.05) is 25.1 Å². The number of hydrogen-bond donors (Lipinski definition) is 0. The second-order valence-electron chi connectivity index (χ2n) is 6.52. The number of carbonyl (C=O) groups is 1. The first-order valence-corrected chi connectivity index (χ1v) is 9.77. The van der Waals surface area contributed by atoms with E-state index < -0.39 is 6.10 Å². The molecule has 1 heterocycles. The van der Waals surface area contributed by atoms with Crippen LogP contribution in [0.2, 0.25) is 0 Å². The molecule has 1 aliphatic carbocycles. The standard InChI is InChI=1S/C19H24BrNO5/c1-3-24-17-11-25-21-18(17)14-10-13(20)7-8-15(14)26-16(19(22)23-2)9-12-5-4-6-12/h7-8,10,12,16-17H,3-6,9,11H2,1-2H3/t16-,17+/m0/s1. The van der Waals surface area contributed by atoms with Gasteiger partial charge in [-0.3, -0.25) is 0 Å². The maximum Gasteiger partial charge on any atom is 0.347 e. The van der Waals surface area contributed by atoms with Crippen LogP contribution in [-0.4, -0.2) is 44.2 Å². The second-order valence-corrected chi connectivity index (χ2v) is 7.43. The van der Waals surface area contributed by atoms with Crippen LogP contribution in [0.15, 0.2) is 27.8 Å². The molecule has 0 bridgehead atoms. The van der Waals surface area contributed by atoms with Gasteiger partial charge >= 0.3 is 5.97 Å². The quantitative estimate of drug-likeness (QED) is 0.594. The van der Waals surface area contributed by atoms with Crippen molar-refractivity contribution < 1.29 is 23.8 Å². The van der Waals surface area contributed by atoms with Crippen molar-refractivity contribution >= 4 is 27.6 Å². The van der Waals surface area contributed by atoms with Gasteiger partial charge in [-0.15, -0.1) is 0 Å². The molecule has 1 aromatic carbocycles. The molecule has 7 heteroatoms. The van der Waals surface area contributed by atoms with E-state index in [0.717, 1.165) is 22.9 Å². The molecular weight excluding hydrogens is 402 g/mol. The number of rotatable bonds is 8. The van der Waals surface area contributed by atoms with E-state index in [1.54, 1.807) is 0 Å². The normalized spacial score (nSPS) is 20.7. The van der Waals surface area contributed by atoms with Gasteiger partial charge in [0.25, 0.3) is 0 Å². The van der Waals surface area contributed by atoms with Crippen LogP contribution in [0.1, 0.15) is 38.2 Å². The molecule has 3 rings (SSSR count). The Morgan fingerprint density at radius 1 is 1.42 bits per heavy atom. The Balaban J connectivity index is 1.85. The van der Waals surface area contributed by atoms with Crippen molar-refractivity contribution in [3.05, 3.63) is 28.2 Å². The minimum atomic E-state index is -0.626. The first-order valence-electron chi connectivity index (χ1n) is 8.98. The fourth-order valence-corrected chi connectivity index (χ4v) is 3.54. The lowest BCUT2D eigenvalue weighted by Crippen LogP contribution is -2.33. The fourth-order valence-electron chi connectivity index (χ4n) is 3.18. The Morgan fingerprint density at radius 3 is 2.88 bits per heavy atom. The first kappa shape index (κ1) is 19.2. The van der Waals surface area contributed by atoms with Crippen molar-refractivity contribution in [2.24, 2.45) is 11.1 Å². The second kappa shape index (κ2) is 8.86. The van der Waals surface area contributed by atoms with Crippen LogP contribution in [0.4, 0.5) is 0 Å². The van der Waals surface area contributed by atoms with E-state index in [9.17, 15) is 4.79 Å². The third kappa shape index (κ3) is 4.38. The van der Waals surface area contributed by atoms with Gasteiger partial charge in [-0.25, -0.2) is 4.79 Å². The van der Waals surface area contributed by atoms with E-state index in [4.69, 9.17) is 19.0 Å². The van der Waals surface area contributed by atoms with Crippen LogP contribution >= 0.6 is 15.9 Å². The number of esters is 1. The Hall–Kier alpha value is -1.60. The number of hydrogen-bond acceptors (Lipinski definition) is 6. The molecule has 0 radical (unpaired) electrons. The van der Waals surface area contributed by atoms with Gasteiger partial charge in [0, 0.05) is 16.6 Å². The van der Waals surface area contributed by atoms with Gasteiger partial charge in [-0.05, 0) is 37.5 Å². The molecule has 0 amide bonds. The van der Waals surface area contributed by atoms with Crippen LogP contribution in [0.5, 0.6) is 5.75 Å². The van der Waals surface area contributed by atoms with Crippen LogP contribution in [0.25, 0.3) is 0 Å². The molecular formula is C19H24BrNO5. The van der Waals surface area contributed by atoms with E-state index in [2.05, 4.69) is 21.1 Å². The molecule has 0 aromatic heterocycles. The molecule has 1 aromatic rings. The monoisotopic (exact) mass is 425 g/mol. The van der Waals surface area contributed by atoms with Crippen LogP contribution in [-0.2, 0) is 19.1 Å². The summed E-state index contributed by atoms with van der Waals surface area (Å²) in [6, 6.07) is 5.62. The SMILES string of the molecule is CCO[C@@H]1CON=C1c1cc(Br)ccc1O[C@@H](CC1CCC1)C(=O)OC. The number of oxime groups is 1. The molecule has 2 aliphatic rings. The average molecular weight is 426 g/mol. The van der Waals surface area contributed by atoms with Gasteiger partial charge in [0.2, 0.25) is 0 Å². The Morgan fingerprint density at radius 2 is 2.23 bits per heavy atom. The Labute approximate surface area is 161 Å². The number of ether oxygens (including phenoxy) is 3. The highest BCUT2D eigenvalue weighted by Crippen LogP contribution is 2.34. The number of nitrogens with zero attached hydrogens (tertiary/aromatic N) is 1. The minimum absolute atomic E-state index is 0.250. The predicted molar refractivity (Wildman–Crippen MR) is 100 cm³/mol. The minimum Gasteiger partial charge on any atom is -0.478 e. The molecule has 26 heavy (non-hydrogen) atoms. The Bertz CT molecular complexity index is 674. The molecule has 0 saturated heterocycles. The van der Waals surface area contributed by atoms with Crippen LogP contribution in [0.3, 0.4) is 0 Å². The largest absolute Gasteiger partial charge is 0.478 e. The lowest BCUT2D eigenvalue weighted by Gasteiger charge is -2.29. The van der Waals surface area contributed by atoms with Crippen LogP contribution < -0.4 is 4.74 Å². The third-order valence-corrected chi connectivity index (χ3v) is 5.28. The fraction of sp³-hybridized carbons (Fsp3) is 0.579. The maximum atomic E-state index is 12.2. The smallest absolute Gasteiger partial charge is 0.347 e. The molecule has 6 nitrogen and oxygen atoms in total. The highest BCUT2D eigenvalue weighted by atomic mass is 79.9. The molecule has 0 unspecified atom stereocenters. The molecule has 1 fully saturated rings. The molecule has 142 valence electrons. The summed E-state index contributed by atoms with van der Waals surface area (Å²) in [5.41, 5.74) is 1.44. The zero-order chi connectivity index (χ0) is 18.5. The zero-order valence-electron chi connectivity index (χ0n) is 15.1. The molecule has 0 spiro atoms. The lowest BCUT2D eigenvalue weighted by molar-refractivity contribution is -0.150. The van der Waals surface area contributed by atoms with Gasteiger partial charge in [0.1, 0.15) is 24.2 Å². The summed E-state index contributed by atoms with van der Waals surface area (Å²) in [6.45, 7) is 2.86. The molecule has 0 N–H and O–H groups in total. The maximum absolute atomic E-state index is 12.2. The van der Waals surface area contributed by atoms with Gasteiger partial charge in [-0.2, -0.15) is 0 Å². The van der Waals surface area contributed by atoms with Gasteiger partial charge in [0.05, 0.1) is 7.11 Å². The number of benzene rings is 1. The van der Waals surface area contributed by atoms with Gasteiger partial charge in [-0.1, -0.05) is 40.3 Å². The van der Waals surface area contributed by atoms with Gasteiger partial charge in [0.15, 0.2) is 6.10 Å². The van der Waals surface area contributed by atoms with Crippen molar-refractivity contribution in [3.8, 4) is 5.75 Å². The topological polar surface area (TPSA) is 66.3 Å². The summed E-state index contributed by atoms with van der Waals surface area (Å²) in [5, 5.41) is 4.14. The number of methoxy groups -OCH3 is 1. The lowest BCUT2D eigenvalue weighted by atomic mass is 9.81. The van der Waals surface area contributed by atoms with Crippen LogP contribution in [0, 0.1) is 5.92 Å². The van der Waals surface area contributed by atoms with Gasteiger partial charge < -0.3 is 19.0 Å². The predicted octanol–water partition coefficient (Wildman–Crippen LogP) is 3.70. The summed E-state index contributed by atoms with van der Waals surface area (Å²) in [4.78, 5) is 17.5. The highest BCUT2D eigenvalue weighted by molar-refractivity contribution is 9.10. The zero-order valence-corrected chi connectivity index (χ0v) is 16.7. The number of halogens is 1. The Kier molecular flexibility index (Phi) is 6.53. The average Bonchev–Trinajstić information content (AvgIpc) is 3.05. The van der Waals surface area contributed by atoms with E-state index in [-0.39, 0.29) is 12.1 Å². The third-order valence-electron chi connectivity index (χ3n) is 4.78. The summed E-state index contributed by atoms with van der Waals surface area (Å²) >= 11 is 3.49. The van der Waals surface area contributed by atoms with Crippen molar-refractivity contribution in [1.82, 2.24) is 0 Å². The highest BCUT2D eigenvalue weighted by Gasteiger charge is 2.32. The first-order chi connectivity index (χ1) is 12.6. The van der Waals surface area contributed by atoms with E-state index in [0.29, 0.717) is 37.0 Å². The van der Waals surface area contributed by atoms with Crippen molar-refractivity contribution in [2.75, 3.05) is 20.3 Å². The van der Waals surface area contributed by atoms with Crippen molar-refractivity contribution in [3.63, 3.8) is 0 Å². The molecule has 1 aliphatic heterocycles. The van der Waals surface area contributed by atoms with Crippen molar-refractivity contribution in [2.45, 2.75) is 44.8 Å². The summed E-state index contributed by atoms with van der Waals surface area (Å²) in [6.07, 6.45) is 3.28. The molecule has 1 saturated carbocycles. The summed E-state index contributed by atoms with van der Waals surface area (Å²) < 4.78 is 17.7. The summed E-state index contributed by atoms with van der Waals surface area (Å²) in [7, 11) is 1.39. The van der Waals surface area contributed by atoms with E-state index in [1.165, 1.54) is 13.5 Å². The summed E-state index contributed by atoms with van der Waals surface area (Å²) in [5.74, 6) is 0.745. The van der Waals surface area contributed by atoms with E-state index >= 15 is 0 Å².